The summed E-state index contributed by atoms with van der Waals surface area (Å²) in [4.78, 5) is 10.9. The van der Waals surface area contributed by atoms with Gasteiger partial charge >= 0.3 is 5.97 Å². The third-order valence-corrected chi connectivity index (χ3v) is 3.78. The summed E-state index contributed by atoms with van der Waals surface area (Å²) >= 11 is 3.25. The van der Waals surface area contributed by atoms with E-state index in [2.05, 4.69) is 15.9 Å². The first-order valence-electron chi connectivity index (χ1n) is 6.30. The van der Waals surface area contributed by atoms with Gasteiger partial charge in [0.05, 0.1) is 17.8 Å². The molecule has 5 heteroatoms. The Morgan fingerprint density at radius 1 is 1.37 bits per heavy atom. The van der Waals surface area contributed by atoms with Crippen LogP contribution in [-0.4, -0.2) is 29.4 Å². The van der Waals surface area contributed by atoms with Crippen LogP contribution in [0.25, 0.3) is 0 Å². The highest BCUT2D eigenvalue weighted by Crippen LogP contribution is 2.27. The SMILES string of the molecule is CC1CC(Oc2ccc(C(=O)O)c(Br)c2)CC(C)O1. The topological polar surface area (TPSA) is 55.8 Å². The molecule has 4 nitrogen and oxygen atoms in total. The van der Waals surface area contributed by atoms with Crippen molar-refractivity contribution in [1.82, 2.24) is 0 Å². The molecule has 2 rings (SSSR count). The second-order valence-electron chi connectivity index (χ2n) is 4.92. The van der Waals surface area contributed by atoms with Gasteiger partial charge in [-0.15, -0.1) is 0 Å². The van der Waals surface area contributed by atoms with Crippen molar-refractivity contribution in [1.29, 1.82) is 0 Å². The number of rotatable bonds is 3. The molecule has 1 aromatic rings. The van der Waals surface area contributed by atoms with Gasteiger partial charge in [0, 0.05) is 17.3 Å². The molecule has 19 heavy (non-hydrogen) atoms. The number of hydrogen-bond acceptors (Lipinski definition) is 3. The monoisotopic (exact) mass is 328 g/mol. The third kappa shape index (κ3) is 3.70. The molecule has 0 saturated carbocycles. The molecule has 1 aliphatic rings. The van der Waals surface area contributed by atoms with Crippen LogP contribution in [0.15, 0.2) is 22.7 Å². The summed E-state index contributed by atoms with van der Waals surface area (Å²) < 4.78 is 12.1. The van der Waals surface area contributed by atoms with Crippen LogP contribution < -0.4 is 4.74 Å². The van der Waals surface area contributed by atoms with Crippen LogP contribution in [0.4, 0.5) is 0 Å². The van der Waals surface area contributed by atoms with Crippen LogP contribution in [0.5, 0.6) is 5.75 Å². The second kappa shape index (κ2) is 5.92. The maximum absolute atomic E-state index is 10.9. The highest BCUT2D eigenvalue weighted by Gasteiger charge is 2.26. The lowest BCUT2D eigenvalue weighted by Gasteiger charge is -2.32. The number of benzene rings is 1. The Hall–Kier alpha value is -1.07. The molecule has 2 atom stereocenters. The molecule has 1 aromatic carbocycles. The lowest BCUT2D eigenvalue weighted by molar-refractivity contribution is -0.0721. The minimum absolute atomic E-state index is 0.112. The van der Waals surface area contributed by atoms with E-state index in [4.69, 9.17) is 14.6 Å². The predicted octanol–water partition coefficient (Wildman–Crippen LogP) is 3.48. The molecule has 1 aliphatic heterocycles. The lowest BCUT2D eigenvalue weighted by Crippen LogP contribution is -2.35. The molecule has 0 radical (unpaired) electrons. The molecule has 104 valence electrons. The highest BCUT2D eigenvalue weighted by molar-refractivity contribution is 9.10. The third-order valence-electron chi connectivity index (χ3n) is 3.13. The molecule has 0 bridgehead atoms. The van der Waals surface area contributed by atoms with Gasteiger partial charge in [-0.1, -0.05) is 0 Å². The average Bonchev–Trinajstić information content (AvgIpc) is 2.26. The van der Waals surface area contributed by atoms with E-state index < -0.39 is 5.97 Å². The number of hydrogen-bond donors (Lipinski definition) is 1. The number of carboxylic acids is 1. The smallest absolute Gasteiger partial charge is 0.336 e. The maximum atomic E-state index is 10.9. The maximum Gasteiger partial charge on any atom is 0.336 e. The minimum Gasteiger partial charge on any atom is -0.490 e. The van der Waals surface area contributed by atoms with Crippen molar-refractivity contribution in [3.8, 4) is 5.75 Å². The summed E-state index contributed by atoms with van der Waals surface area (Å²) in [7, 11) is 0. The Morgan fingerprint density at radius 2 is 2.00 bits per heavy atom. The Labute approximate surface area is 120 Å². The number of ether oxygens (including phenoxy) is 2. The van der Waals surface area contributed by atoms with Crippen LogP contribution in [0, 0.1) is 0 Å². The summed E-state index contributed by atoms with van der Waals surface area (Å²) in [5, 5.41) is 8.96. The van der Waals surface area contributed by atoms with E-state index in [9.17, 15) is 4.79 Å². The summed E-state index contributed by atoms with van der Waals surface area (Å²) in [5.41, 5.74) is 0.237. The predicted molar refractivity (Wildman–Crippen MR) is 74.8 cm³/mol. The van der Waals surface area contributed by atoms with Gasteiger partial charge in [-0.3, -0.25) is 0 Å². The van der Waals surface area contributed by atoms with Gasteiger partial charge in [0.1, 0.15) is 11.9 Å². The standard InChI is InChI=1S/C14H17BrO4/c1-8-5-11(6-9(2)18-8)19-10-3-4-12(14(16)17)13(15)7-10/h3-4,7-9,11H,5-6H2,1-2H3,(H,16,17). The van der Waals surface area contributed by atoms with E-state index >= 15 is 0 Å². The van der Waals surface area contributed by atoms with E-state index in [1.54, 1.807) is 18.2 Å². The molecule has 1 heterocycles. The van der Waals surface area contributed by atoms with Gasteiger partial charge in [0.25, 0.3) is 0 Å². The van der Waals surface area contributed by atoms with Crippen molar-refractivity contribution in [2.75, 3.05) is 0 Å². The zero-order chi connectivity index (χ0) is 14.0. The van der Waals surface area contributed by atoms with Crippen LogP contribution in [-0.2, 0) is 4.74 Å². The van der Waals surface area contributed by atoms with Crippen molar-refractivity contribution in [2.24, 2.45) is 0 Å². The lowest BCUT2D eigenvalue weighted by atomic mass is 10.0. The summed E-state index contributed by atoms with van der Waals surface area (Å²) in [5.74, 6) is -0.269. The fourth-order valence-corrected chi connectivity index (χ4v) is 2.90. The van der Waals surface area contributed by atoms with Crippen molar-refractivity contribution < 1.29 is 19.4 Å². The fourth-order valence-electron chi connectivity index (χ4n) is 2.38. The molecule has 1 saturated heterocycles. The van der Waals surface area contributed by atoms with E-state index in [1.165, 1.54) is 0 Å². The zero-order valence-corrected chi connectivity index (χ0v) is 12.5. The minimum atomic E-state index is -0.952. The molecule has 0 amide bonds. The van der Waals surface area contributed by atoms with Gasteiger partial charge in [0.2, 0.25) is 0 Å². The first-order chi connectivity index (χ1) is 8.95. The van der Waals surface area contributed by atoms with E-state index in [-0.39, 0.29) is 23.9 Å². The van der Waals surface area contributed by atoms with Crippen molar-refractivity contribution >= 4 is 21.9 Å². The summed E-state index contributed by atoms with van der Waals surface area (Å²) in [6.45, 7) is 4.07. The van der Waals surface area contributed by atoms with Gasteiger partial charge < -0.3 is 14.6 Å². The number of halogens is 1. The van der Waals surface area contributed by atoms with Gasteiger partial charge in [0.15, 0.2) is 0 Å². The van der Waals surface area contributed by atoms with Crippen molar-refractivity contribution in [3.63, 3.8) is 0 Å². The first-order valence-corrected chi connectivity index (χ1v) is 7.10. The molecule has 1 fully saturated rings. The Morgan fingerprint density at radius 3 is 2.53 bits per heavy atom. The van der Waals surface area contributed by atoms with Crippen LogP contribution >= 0.6 is 15.9 Å². The second-order valence-corrected chi connectivity index (χ2v) is 5.77. The van der Waals surface area contributed by atoms with Crippen LogP contribution in [0.2, 0.25) is 0 Å². The van der Waals surface area contributed by atoms with Crippen molar-refractivity contribution in [3.05, 3.63) is 28.2 Å². The van der Waals surface area contributed by atoms with Crippen LogP contribution in [0.3, 0.4) is 0 Å². The van der Waals surface area contributed by atoms with E-state index in [0.717, 1.165) is 12.8 Å². The molecule has 2 unspecified atom stereocenters. The molecular weight excluding hydrogens is 312 g/mol. The van der Waals surface area contributed by atoms with E-state index in [1.807, 2.05) is 13.8 Å². The summed E-state index contributed by atoms with van der Waals surface area (Å²) in [6.07, 6.45) is 2.19. The first kappa shape index (κ1) is 14.3. The van der Waals surface area contributed by atoms with Gasteiger partial charge in [-0.25, -0.2) is 4.79 Å². The number of aromatic carboxylic acids is 1. The molecule has 0 aromatic heterocycles. The Bertz CT molecular complexity index is 465. The highest BCUT2D eigenvalue weighted by atomic mass is 79.9. The quantitative estimate of drug-likeness (QED) is 0.922. The normalized spacial score (nSPS) is 27.0. The average molecular weight is 329 g/mol. The molecular formula is C14H17BrO4. The van der Waals surface area contributed by atoms with Gasteiger partial charge in [-0.05, 0) is 48.0 Å². The zero-order valence-electron chi connectivity index (χ0n) is 10.9. The Balaban J connectivity index is 2.07. The number of carbonyl (C=O) groups is 1. The number of carboxylic acid groups (broad SMARTS) is 1. The van der Waals surface area contributed by atoms with Gasteiger partial charge in [-0.2, -0.15) is 0 Å². The molecule has 0 spiro atoms. The fraction of sp³-hybridized carbons (Fsp3) is 0.500. The largest absolute Gasteiger partial charge is 0.490 e. The summed E-state index contributed by atoms with van der Waals surface area (Å²) in [6, 6.07) is 4.95. The van der Waals surface area contributed by atoms with Crippen LogP contribution in [0.1, 0.15) is 37.0 Å². The molecule has 0 aliphatic carbocycles. The molecule has 1 N–H and O–H groups in total. The van der Waals surface area contributed by atoms with E-state index in [0.29, 0.717) is 10.2 Å². The van der Waals surface area contributed by atoms with Crippen molar-refractivity contribution in [2.45, 2.75) is 45.0 Å². The Kier molecular flexibility index (Phi) is 4.47.